The predicted octanol–water partition coefficient (Wildman–Crippen LogP) is -13.6. The zero-order chi connectivity index (χ0) is 0. The van der Waals surface area contributed by atoms with Gasteiger partial charge in [-0.25, -0.2) is 0 Å². The molecule has 129 valence electrons. The van der Waals surface area contributed by atoms with Crippen LogP contribution in [0.5, 0.6) is 0 Å². The van der Waals surface area contributed by atoms with Crippen LogP contribution in [0.15, 0.2) is 0 Å². The Kier molecular flexibility index (Phi) is 1350000. The molecule has 16 nitrogen and oxygen atoms in total. The third-order valence-electron chi connectivity index (χ3n) is 0. The van der Waals surface area contributed by atoms with Gasteiger partial charge in [0.25, 0.3) is 0 Å². The molecule has 1 radical (unpaired) electrons. The Hall–Kier alpha value is 0.996. The fourth-order valence-corrected chi connectivity index (χ4v) is 0. The molecule has 0 spiro atoms. The van der Waals surface area contributed by atoms with E-state index in [0.29, 0.717) is 0 Å². The van der Waals surface area contributed by atoms with Crippen molar-refractivity contribution in [1.29, 1.82) is 0 Å². The summed E-state index contributed by atoms with van der Waals surface area (Å²) in [5.41, 5.74) is 0. The van der Waals surface area contributed by atoms with Crippen LogP contribution in [0.25, 0.3) is 0 Å². The molecule has 17 heteroatoms. The quantitative estimate of drug-likeness (QED) is 0.373. The first kappa shape index (κ1) is 5240. The molecular weight excluding hydrogens is 295 g/mol. The largest absolute Gasteiger partial charge is 0.412 e. The van der Waals surface area contributed by atoms with Crippen LogP contribution in [0.4, 0.5) is 0 Å². The molecule has 0 aliphatic carbocycles. The third kappa shape index (κ3) is 3850. The Labute approximate surface area is 138 Å². The van der Waals surface area contributed by atoms with Gasteiger partial charge >= 0.3 is 0 Å². The number of hydrogen-bond donors (Lipinski definition) is 0. The monoisotopic (exact) mass is 327 g/mol. The Morgan fingerprint density at radius 3 is 0.118 bits per heavy atom. The van der Waals surface area contributed by atoms with Crippen molar-refractivity contribution in [3.05, 3.63) is 0 Å². The van der Waals surface area contributed by atoms with E-state index in [0.717, 1.165) is 0 Å². The maximum atomic E-state index is 0. The number of rotatable bonds is 0. The van der Waals surface area contributed by atoms with E-state index in [9.17, 15) is 0 Å². The molecule has 0 aromatic rings. The first-order valence-electron chi connectivity index (χ1n) is 0. The summed E-state index contributed by atoms with van der Waals surface area (Å²) in [4.78, 5) is 0. The fraction of sp³-hybridized carbons (Fsp3) is 0. The van der Waals surface area contributed by atoms with E-state index in [1.165, 1.54) is 0 Å². The predicted molar refractivity (Wildman–Crippen MR) is 63.6 cm³/mol. The molecule has 0 saturated heterocycles. The van der Waals surface area contributed by atoms with Crippen molar-refractivity contribution in [3.8, 4) is 0 Å². The molecule has 0 rings (SSSR count). The molecule has 0 heterocycles. The normalized spacial score (nSPS) is 0. The first-order chi connectivity index (χ1) is 0. The average molecular weight is 327 g/mol. The van der Waals surface area contributed by atoms with Crippen LogP contribution in [0.3, 0.4) is 0 Å². The average Bonchev–Trinajstić information content (AvgIpc) is 0. The van der Waals surface area contributed by atoms with Crippen LogP contribution in [0.1, 0.15) is 0 Å². The summed E-state index contributed by atoms with van der Waals surface area (Å²) in [6.07, 6.45) is 0. The van der Waals surface area contributed by atoms with E-state index < -0.39 is 0 Å². The Balaban J connectivity index is 0. The van der Waals surface area contributed by atoms with Crippen molar-refractivity contribution in [2.24, 2.45) is 0 Å². The minimum Gasteiger partial charge on any atom is -0.412 e. The molecule has 17 heavy (non-hydrogen) atoms. The van der Waals surface area contributed by atoms with E-state index >= 15 is 0 Å². The van der Waals surface area contributed by atoms with E-state index in [1.807, 2.05) is 0 Å². The van der Waals surface area contributed by atoms with Gasteiger partial charge in [0.2, 0.25) is 0 Å². The SMILES string of the molecule is O.O.O.O.O.O.O.O.O.O.O.O.O.O.O.O.[K]. The standard InChI is InChI=1S/K.16H2O/h;16*1H2. The maximum absolute atomic E-state index is 0. The molecule has 0 aromatic heterocycles. The van der Waals surface area contributed by atoms with Crippen LogP contribution >= 0.6 is 0 Å². The Bertz CT molecular complexity index is 5.49. The Morgan fingerprint density at radius 1 is 0.118 bits per heavy atom. The van der Waals surface area contributed by atoms with Crippen molar-refractivity contribution in [3.63, 3.8) is 0 Å². The van der Waals surface area contributed by atoms with Gasteiger partial charge in [-0.05, 0) is 0 Å². The molecule has 0 aliphatic heterocycles. The van der Waals surface area contributed by atoms with E-state index in [2.05, 4.69) is 0 Å². The van der Waals surface area contributed by atoms with E-state index in [1.54, 1.807) is 0 Å². The Morgan fingerprint density at radius 2 is 0.118 bits per heavy atom. The summed E-state index contributed by atoms with van der Waals surface area (Å²) in [6, 6.07) is 0. The van der Waals surface area contributed by atoms with Gasteiger partial charge in [-0.15, -0.1) is 0 Å². The van der Waals surface area contributed by atoms with Crippen molar-refractivity contribution in [2.75, 3.05) is 0 Å². The third-order valence-corrected chi connectivity index (χ3v) is 0. The van der Waals surface area contributed by atoms with Crippen LogP contribution in [-0.4, -0.2) is 139 Å². The minimum absolute atomic E-state index is 0. The molecular formula is H32KO16. The number of hydrogen-bond acceptors (Lipinski definition) is 0. The van der Waals surface area contributed by atoms with E-state index in [-0.39, 0.29) is 139 Å². The smallest absolute Gasteiger partial charge is 0 e. The molecule has 0 bridgehead atoms. The molecule has 0 saturated carbocycles. The summed E-state index contributed by atoms with van der Waals surface area (Å²) < 4.78 is 0. The van der Waals surface area contributed by atoms with Gasteiger partial charge in [-0.2, -0.15) is 0 Å². The molecule has 32 N–H and O–H groups in total. The molecule has 0 aromatic carbocycles. The second-order valence-electron chi connectivity index (χ2n) is 0. The van der Waals surface area contributed by atoms with Crippen LogP contribution in [-0.2, 0) is 0 Å². The zero-order valence-electron chi connectivity index (χ0n) is 9.00. The molecule has 0 aliphatic rings. The van der Waals surface area contributed by atoms with Gasteiger partial charge in [0.15, 0.2) is 0 Å². The van der Waals surface area contributed by atoms with Crippen LogP contribution < -0.4 is 0 Å². The van der Waals surface area contributed by atoms with Crippen LogP contribution in [0, 0.1) is 0 Å². The van der Waals surface area contributed by atoms with Gasteiger partial charge in [0.1, 0.15) is 0 Å². The maximum Gasteiger partial charge on any atom is 0 e. The zero-order valence-corrected chi connectivity index (χ0v) is 12.1. The molecule has 0 atom stereocenters. The van der Waals surface area contributed by atoms with Gasteiger partial charge < -0.3 is 87.6 Å². The minimum atomic E-state index is 0. The second-order valence-corrected chi connectivity index (χ2v) is 0. The first-order valence-corrected chi connectivity index (χ1v) is 0. The van der Waals surface area contributed by atoms with Gasteiger partial charge in [0, 0.05) is 51.4 Å². The topological polar surface area (TPSA) is 504 Å². The van der Waals surface area contributed by atoms with E-state index in [4.69, 9.17) is 0 Å². The summed E-state index contributed by atoms with van der Waals surface area (Å²) in [5.74, 6) is 0. The summed E-state index contributed by atoms with van der Waals surface area (Å²) in [5, 5.41) is 0. The van der Waals surface area contributed by atoms with Crippen LogP contribution in [0.2, 0.25) is 0 Å². The molecule has 0 fully saturated rings. The van der Waals surface area contributed by atoms with Gasteiger partial charge in [-0.3, -0.25) is 0 Å². The van der Waals surface area contributed by atoms with Crippen molar-refractivity contribution >= 4 is 51.4 Å². The van der Waals surface area contributed by atoms with Gasteiger partial charge in [-0.1, -0.05) is 0 Å². The van der Waals surface area contributed by atoms with Crippen molar-refractivity contribution < 1.29 is 87.6 Å². The van der Waals surface area contributed by atoms with Crippen molar-refractivity contribution in [2.45, 2.75) is 0 Å². The molecule has 0 unspecified atom stereocenters. The summed E-state index contributed by atoms with van der Waals surface area (Å²) in [6.45, 7) is 0. The van der Waals surface area contributed by atoms with Gasteiger partial charge in [0.05, 0.1) is 0 Å². The fourth-order valence-electron chi connectivity index (χ4n) is 0. The summed E-state index contributed by atoms with van der Waals surface area (Å²) in [7, 11) is 0. The second kappa shape index (κ2) is 4380. The summed E-state index contributed by atoms with van der Waals surface area (Å²) >= 11 is 0. The molecule has 0 amide bonds. The van der Waals surface area contributed by atoms with Crippen molar-refractivity contribution in [1.82, 2.24) is 0 Å².